The summed E-state index contributed by atoms with van der Waals surface area (Å²) in [5.41, 5.74) is 3.12. The predicted molar refractivity (Wildman–Crippen MR) is 97.6 cm³/mol. The van der Waals surface area contributed by atoms with Crippen LogP contribution < -0.4 is 11.1 Å². The molecule has 0 spiro atoms. The molecule has 162 valence electrons. The lowest BCUT2D eigenvalue weighted by atomic mass is 10.0. The van der Waals surface area contributed by atoms with Crippen LogP contribution >= 0.6 is 15.6 Å². The number of phosphoric ester groups is 2. The SMILES string of the molecule is CC#CC1(F)C/C(=C/OP(=O)(O)OP(=O)(O)OC)OC1/N=C(N)\N=C/NC(C)=O. The molecule has 1 rings (SSSR count). The van der Waals surface area contributed by atoms with Gasteiger partial charge in [-0.25, -0.2) is 23.5 Å². The molecule has 0 radical (unpaired) electrons. The van der Waals surface area contributed by atoms with Gasteiger partial charge in [0.15, 0.2) is 0 Å². The fourth-order valence-corrected chi connectivity index (χ4v) is 3.50. The molecule has 0 bridgehead atoms. The first-order valence-corrected chi connectivity index (χ1v) is 10.5. The van der Waals surface area contributed by atoms with Crippen molar-refractivity contribution in [2.24, 2.45) is 15.7 Å². The Morgan fingerprint density at radius 3 is 2.69 bits per heavy atom. The number of halogens is 1. The van der Waals surface area contributed by atoms with Crippen molar-refractivity contribution in [3.63, 3.8) is 0 Å². The van der Waals surface area contributed by atoms with Crippen LogP contribution in [0.3, 0.4) is 0 Å². The van der Waals surface area contributed by atoms with E-state index in [1.807, 2.05) is 0 Å². The van der Waals surface area contributed by atoms with E-state index in [0.717, 1.165) is 13.4 Å². The predicted octanol–water partition coefficient (Wildman–Crippen LogP) is 0.665. The Bertz CT molecular complexity index is 881. The van der Waals surface area contributed by atoms with Crippen molar-refractivity contribution in [3.8, 4) is 11.8 Å². The highest BCUT2D eigenvalue weighted by Crippen LogP contribution is 2.60. The lowest BCUT2D eigenvalue weighted by Crippen LogP contribution is -2.32. The maximum atomic E-state index is 15.0. The molecule has 0 saturated carbocycles. The fourth-order valence-electron chi connectivity index (χ4n) is 1.78. The Morgan fingerprint density at radius 2 is 2.14 bits per heavy atom. The number of allylic oxidation sites excluding steroid dienone is 1. The summed E-state index contributed by atoms with van der Waals surface area (Å²) in [5.74, 6) is 3.38. The monoisotopic (exact) mass is 456 g/mol. The number of guanidine groups is 1. The molecule has 0 aromatic heterocycles. The first-order chi connectivity index (χ1) is 13.3. The molecule has 0 aromatic carbocycles. The molecule has 16 heteroatoms. The summed E-state index contributed by atoms with van der Waals surface area (Å²) in [4.78, 5) is 36.5. The molecule has 1 amide bonds. The second kappa shape index (κ2) is 9.98. The summed E-state index contributed by atoms with van der Waals surface area (Å²) in [6.45, 7) is 2.59. The summed E-state index contributed by atoms with van der Waals surface area (Å²) in [6, 6.07) is 0. The van der Waals surface area contributed by atoms with E-state index in [-0.39, 0.29) is 5.76 Å². The highest BCUT2D eigenvalue weighted by molar-refractivity contribution is 7.61. The van der Waals surface area contributed by atoms with Crippen LogP contribution in [0.5, 0.6) is 0 Å². The minimum absolute atomic E-state index is 0.328. The molecule has 29 heavy (non-hydrogen) atoms. The minimum atomic E-state index is -5.09. The molecular formula is C13H19FN4O9P2. The lowest BCUT2D eigenvalue weighted by molar-refractivity contribution is -0.117. The Hall–Kier alpha value is -2.26. The number of rotatable bonds is 7. The molecule has 0 aliphatic carbocycles. The van der Waals surface area contributed by atoms with Gasteiger partial charge in [-0.3, -0.25) is 14.2 Å². The number of carbonyl (C=O) groups is 1. The van der Waals surface area contributed by atoms with Gasteiger partial charge in [-0.2, -0.15) is 4.31 Å². The van der Waals surface area contributed by atoms with E-state index < -0.39 is 45.8 Å². The summed E-state index contributed by atoms with van der Waals surface area (Å²) in [7, 11) is -9.15. The van der Waals surface area contributed by atoms with Crippen molar-refractivity contribution in [2.75, 3.05) is 7.11 Å². The van der Waals surface area contributed by atoms with Gasteiger partial charge in [0, 0.05) is 14.0 Å². The number of nitrogens with one attached hydrogen (secondary N) is 1. The van der Waals surface area contributed by atoms with Gasteiger partial charge < -0.3 is 25.2 Å². The van der Waals surface area contributed by atoms with Gasteiger partial charge in [-0.05, 0) is 6.92 Å². The number of carbonyl (C=O) groups excluding carboxylic acids is 1. The molecule has 1 aliphatic rings. The van der Waals surface area contributed by atoms with Crippen LogP contribution in [0.1, 0.15) is 20.3 Å². The third-order valence-corrected chi connectivity index (χ3v) is 5.37. The summed E-state index contributed by atoms with van der Waals surface area (Å²) < 4.78 is 55.3. The standard InChI is InChI=1S/C13H19FN4O9P2/c1-4-5-13(14)6-10(7-25-29(22,23)27-28(20,21)24-3)26-11(13)18-12(15)17-8-16-9(2)19/h7-8,11H,6H2,1-3H3,(H,20,21)(H,22,23)(H3,15,16,17,18,19)/b10-7-. The van der Waals surface area contributed by atoms with Crippen molar-refractivity contribution in [1.29, 1.82) is 0 Å². The van der Waals surface area contributed by atoms with Gasteiger partial charge in [0.25, 0.3) is 0 Å². The molecule has 1 fully saturated rings. The average Bonchev–Trinajstić information content (AvgIpc) is 2.88. The van der Waals surface area contributed by atoms with Crippen LogP contribution in [-0.2, 0) is 32.0 Å². The van der Waals surface area contributed by atoms with Gasteiger partial charge in [-0.15, -0.1) is 5.92 Å². The second-order valence-electron chi connectivity index (χ2n) is 5.22. The maximum Gasteiger partial charge on any atom is 0.535 e. The number of phosphoric acid groups is 2. The largest absolute Gasteiger partial charge is 0.535 e. The molecule has 4 atom stereocenters. The number of aliphatic imine (C=N–C) groups is 2. The zero-order valence-corrected chi connectivity index (χ0v) is 17.2. The highest BCUT2D eigenvalue weighted by Gasteiger charge is 2.48. The van der Waals surface area contributed by atoms with Gasteiger partial charge in [0.1, 0.15) is 12.0 Å². The zero-order chi connectivity index (χ0) is 22.3. The van der Waals surface area contributed by atoms with Crippen molar-refractivity contribution in [3.05, 3.63) is 12.0 Å². The summed E-state index contributed by atoms with van der Waals surface area (Å²) >= 11 is 0. The molecule has 1 aliphatic heterocycles. The van der Waals surface area contributed by atoms with Crippen LogP contribution in [0.25, 0.3) is 0 Å². The van der Waals surface area contributed by atoms with Crippen LogP contribution in [0.4, 0.5) is 4.39 Å². The molecule has 1 saturated heterocycles. The quantitative estimate of drug-likeness (QED) is 0.139. The number of alkyl halides is 1. The van der Waals surface area contributed by atoms with Crippen molar-refractivity contribution in [1.82, 2.24) is 5.32 Å². The van der Waals surface area contributed by atoms with Crippen molar-refractivity contribution in [2.45, 2.75) is 32.2 Å². The Balaban J connectivity index is 2.99. The minimum Gasteiger partial charge on any atom is -0.465 e. The third-order valence-electron chi connectivity index (χ3n) is 2.89. The van der Waals surface area contributed by atoms with E-state index in [9.17, 15) is 18.8 Å². The van der Waals surface area contributed by atoms with E-state index in [2.05, 4.69) is 40.5 Å². The number of ether oxygens (including phenoxy) is 1. The first-order valence-electron chi connectivity index (χ1n) is 7.55. The van der Waals surface area contributed by atoms with Gasteiger partial charge in [0.2, 0.25) is 23.8 Å². The number of hydrogen-bond acceptors (Lipinski definition) is 8. The van der Waals surface area contributed by atoms with E-state index in [1.54, 1.807) is 0 Å². The van der Waals surface area contributed by atoms with Crippen LogP contribution in [0, 0.1) is 11.8 Å². The number of hydrogen-bond donors (Lipinski definition) is 4. The second-order valence-corrected chi connectivity index (χ2v) is 8.32. The zero-order valence-electron chi connectivity index (χ0n) is 15.4. The van der Waals surface area contributed by atoms with E-state index in [1.165, 1.54) is 13.8 Å². The number of nitrogens with zero attached hydrogens (tertiary/aromatic N) is 2. The molecule has 0 aromatic rings. The van der Waals surface area contributed by atoms with Gasteiger partial charge in [0.05, 0.1) is 12.8 Å². The topological polar surface area (TPSA) is 191 Å². The Kier molecular flexibility index (Phi) is 8.52. The smallest absolute Gasteiger partial charge is 0.465 e. The average molecular weight is 456 g/mol. The van der Waals surface area contributed by atoms with E-state index in [0.29, 0.717) is 6.26 Å². The maximum absolute atomic E-state index is 15.0. The Morgan fingerprint density at radius 1 is 1.48 bits per heavy atom. The van der Waals surface area contributed by atoms with Crippen LogP contribution in [-0.4, -0.2) is 47.0 Å². The van der Waals surface area contributed by atoms with Crippen LogP contribution in [0.2, 0.25) is 0 Å². The molecule has 13 nitrogen and oxygen atoms in total. The highest BCUT2D eigenvalue weighted by atomic mass is 31.3. The first kappa shape index (κ1) is 24.8. The van der Waals surface area contributed by atoms with E-state index in [4.69, 9.17) is 15.4 Å². The Labute approximate surface area is 165 Å². The molecule has 5 N–H and O–H groups in total. The van der Waals surface area contributed by atoms with Crippen LogP contribution in [0.15, 0.2) is 22.0 Å². The van der Waals surface area contributed by atoms with Crippen molar-refractivity contribution >= 4 is 33.9 Å². The molecule has 1 heterocycles. The lowest BCUT2D eigenvalue weighted by Gasteiger charge is -2.15. The molecular weight excluding hydrogens is 437 g/mol. The summed E-state index contributed by atoms with van der Waals surface area (Å²) in [5, 5.41) is 2.20. The van der Waals surface area contributed by atoms with Gasteiger partial charge >= 0.3 is 15.6 Å². The van der Waals surface area contributed by atoms with Crippen molar-refractivity contribution < 1.29 is 46.2 Å². The summed E-state index contributed by atoms with van der Waals surface area (Å²) in [6.07, 6.45) is -0.745. The molecule has 4 unspecified atom stereocenters. The normalized spacial score (nSPS) is 27.4. The number of nitrogens with two attached hydrogens (primary N) is 1. The third kappa shape index (κ3) is 8.33. The van der Waals surface area contributed by atoms with E-state index >= 15 is 4.39 Å². The number of amides is 1. The van der Waals surface area contributed by atoms with Gasteiger partial charge in [-0.1, -0.05) is 5.92 Å². The fraction of sp³-hybridized carbons (Fsp3) is 0.462.